The van der Waals surface area contributed by atoms with Gasteiger partial charge in [-0.3, -0.25) is 4.79 Å². The number of ether oxygens (including phenoxy) is 1. The van der Waals surface area contributed by atoms with E-state index in [0.29, 0.717) is 6.61 Å². The van der Waals surface area contributed by atoms with Crippen LogP contribution in [0.5, 0.6) is 5.75 Å². The third kappa shape index (κ3) is 4.46. The second-order valence-electron chi connectivity index (χ2n) is 5.83. The summed E-state index contributed by atoms with van der Waals surface area (Å²) in [5.41, 5.74) is 1.11. The van der Waals surface area contributed by atoms with Gasteiger partial charge in [0.25, 0.3) is 0 Å². The highest BCUT2D eigenvalue weighted by molar-refractivity contribution is 5.79. The number of rotatable bonds is 5. The van der Waals surface area contributed by atoms with Gasteiger partial charge in [0.15, 0.2) is 0 Å². The van der Waals surface area contributed by atoms with Crippen molar-refractivity contribution < 1.29 is 9.53 Å². The zero-order valence-electron chi connectivity index (χ0n) is 13.3. The third-order valence-corrected chi connectivity index (χ3v) is 4.05. The van der Waals surface area contributed by atoms with Gasteiger partial charge < -0.3 is 15.0 Å². The van der Waals surface area contributed by atoms with Crippen molar-refractivity contribution >= 4 is 5.91 Å². The molecule has 1 aliphatic heterocycles. The second kappa shape index (κ2) is 7.46. The fourth-order valence-corrected chi connectivity index (χ4v) is 2.81. The van der Waals surface area contributed by atoms with Gasteiger partial charge in [-0.15, -0.1) is 0 Å². The number of amides is 1. The summed E-state index contributed by atoms with van der Waals surface area (Å²) < 4.78 is 5.44. The Morgan fingerprint density at radius 3 is 2.76 bits per heavy atom. The molecule has 0 spiro atoms. The highest BCUT2D eigenvalue weighted by Crippen LogP contribution is 2.20. The fourth-order valence-electron chi connectivity index (χ4n) is 2.81. The van der Waals surface area contributed by atoms with Gasteiger partial charge in [-0.25, -0.2) is 0 Å². The molecule has 21 heavy (non-hydrogen) atoms. The first-order chi connectivity index (χ1) is 10.1. The lowest BCUT2D eigenvalue weighted by atomic mass is 9.97. The van der Waals surface area contributed by atoms with Gasteiger partial charge in [-0.05, 0) is 58.0 Å². The molecule has 0 saturated carbocycles. The highest BCUT2D eigenvalue weighted by atomic mass is 16.5. The summed E-state index contributed by atoms with van der Waals surface area (Å²) in [5.74, 6) is 1.16. The van der Waals surface area contributed by atoms with Crippen LogP contribution in [0.3, 0.4) is 0 Å². The zero-order chi connectivity index (χ0) is 15.2. The van der Waals surface area contributed by atoms with Crippen molar-refractivity contribution in [3.8, 4) is 5.75 Å². The van der Waals surface area contributed by atoms with E-state index in [4.69, 9.17) is 4.74 Å². The smallest absolute Gasteiger partial charge is 0.224 e. The van der Waals surface area contributed by atoms with Gasteiger partial charge in [0.05, 0.1) is 18.6 Å². The maximum absolute atomic E-state index is 12.3. The van der Waals surface area contributed by atoms with Crippen molar-refractivity contribution in [2.45, 2.75) is 32.7 Å². The van der Waals surface area contributed by atoms with E-state index in [9.17, 15) is 4.79 Å². The number of hydrogen-bond acceptors (Lipinski definition) is 3. The number of likely N-dealkylation sites (tertiary alicyclic amines) is 1. The van der Waals surface area contributed by atoms with Crippen LogP contribution in [0.4, 0.5) is 0 Å². The Kier molecular flexibility index (Phi) is 5.62. The number of carbonyl (C=O) groups excluding carboxylic acids is 1. The van der Waals surface area contributed by atoms with E-state index in [0.717, 1.165) is 37.2 Å². The standard InChI is InChI=1S/C17H26N2O2/c1-4-21-16-9-7-14(8-10-16)13(2)18-17(20)15-6-5-11-19(3)12-15/h7-10,13,15H,4-6,11-12H2,1-3H3,(H,18,20)/t13-,15+/m1/s1. The molecule has 0 bridgehead atoms. The SMILES string of the molecule is CCOc1ccc([C@@H](C)NC(=O)[C@H]2CCCN(C)C2)cc1. The fraction of sp³-hybridized carbons (Fsp3) is 0.588. The molecule has 1 amide bonds. The van der Waals surface area contributed by atoms with Crippen molar-refractivity contribution in [1.82, 2.24) is 10.2 Å². The molecule has 4 nitrogen and oxygen atoms in total. The van der Waals surface area contributed by atoms with E-state index in [1.807, 2.05) is 38.1 Å². The normalized spacial score (nSPS) is 20.8. The first kappa shape index (κ1) is 15.8. The van der Waals surface area contributed by atoms with Crippen molar-refractivity contribution in [2.75, 3.05) is 26.7 Å². The van der Waals surface area contributed by atoms with Gasteiger partial charge in [0, 0.05) is 6.54 Å². The average molecular weight is 290 g/mol. The molecule has 1 saturated heterocycles. The van der Waals surface area contributed by atoms with Crippen molar-refractivity contribution in [3.05, 3.63) is 29.8 Å². The first-order valence-electron chi connectivity index (χ1n) is 7.81. The molecule has 0 radical (unpaired) electrons. The number of nitrogens with one attached hydrogen (secondary N) is 1. The molecule has 4 heteroatoms. The van der Waals surface area contributed by atoms with Gasteiger partial charge in [-0.1, -0.05) is 12.1 Å². The Balaban J connectivity index is 1.90. The molecule has 2 atom stereocenters. The second-order valence-corrected chi connectivity index (χ2v) is 5.83. The quantitative estimate of drug-likeness (QED) is 0.906. The van der Waals surface area contributed by atoms with Crippen LogP contribution in [0.1, 0.15) is 38.3 Å². The van der Waals surface area contributed by atoms with Gasteiger partial charge in [0.1, 0.15) is 5.75 Å². The van der Waals surface area contributed by atoms with Crippen molar-refractivity contribution in [1.29, 1.82) is 0 Å². The summed E-state index contributed by atoms with van der Waals surface area (Å²) >= 11 is 0. The summed E-state index contributed by atoms with van der Waals surface area (Å²) in [6.07, 6.45) is 2.10. The lowest BCUT2D eigenvalue weighted by Crippen LogP contribution is -2.42. The van der Waals surface area contributed by atoms with E-state index >= 15 is 0 Å². The third-order valence-electron chi connectivity index (χ3n) is 4.05. The maximum atomic E-state index is 12.3. The van der Waals surface area contributed by atoms with E-state index in [-0.39, 0.29) is 17.9 Å². The molecule has 1 aliphatic rings. The van der Waals surface area contributed by atoms with Gasteiger partial charge in [-0.2, -0.15) is 0 Å². The largest absolute Gasteiger partial charge is 0.494 e. The lowest BCUT2D eigenvalue weighted by Gasteiger charge is -2.29. The van der Waals surface area contributed by atoms with Crippen LogP contribution in [0, 0.1) is 5.92 Å². The van der Waals surface area contributed by atoms with E-state index in [1.165, 1.54) is 0 Å². The Hall–Kier alpha value is -1.55. The summed E-state index contributed by atoms with van der Waals surface area (Å²) in [7, 11) is 2.08. The average Bonchev–Trinajstić information content (AvgIpc) is 2.48. The predicted molar refractivity (Wildman–Crippen MR) is 84.4 cm³/mol. The molecule has 1 aromatic rings. The molecular weight excluding hydrogens is 264 g/mol. The molecule has 0 unspecified atom stereocenters. The van der Waals surface area contributed by atoms with Crippen molar-refractivity contribution in [2.24, 2.45) is 5.92 Å². The van der Waals surface area contributed by atoms with Crippen LogP contribution in [0.15, 0.2) is 24.3 Å². The van der Waals surface area contributed by atoms with Crippen LogP contribution < -0.4 is 10.1 Å². The number of benzene rings is 1. The first-order valence-corrected chi connectivity index (χ1v) is 7.81. The Morgan fingerprint density at radius 2 is 2.14 bits per heavy atom. The zero-order valence-corrected chi connectivity index (χ0v) is 13.3. The Labute approximate surface area is 127 Å². The Morgan fingerprint density at radius 1 is 1.43 bits per heavy atom. The van der Waals surface area contributed by atoms with E-state index in [1.54, 1.807) is 0 Å². The monoisotopic (exact) mass is 290 g/mol. The molecule has 116 valence electrons. The molecule has 2 rings (SSSR count). The maximum Gasteiger partial charge on any atom is 0.224 e. The number of piperidine rings is 1. The lowest BCUT2D eigenvalue weighted by molar-refractivity contribution is -0.127. The molecular formula is C17H26N2O2. The molecule has 1 aromatic carbocycles. The van der Waals surface area contributed by atoms with E-state index < -0.39 is 0 Å². The number of carbonyl (C=O) groups is 1. The van der Waals surface area contributed by atoms with Gasteiger partial charge in [0.2, 0.25) is 5.91 Å². The van der Waals surface area contributed by atoms with Crippen LogP contribution in [-0.2, 0) is 4.79 Å². The summed E-state index contributed by atoms with van der Waals surface area (Å²) in [4.78, 5) is 14.6. The Bertz CT molecular complexity index is 458. The number of nitrogens with zero attached hydrogens (tertiary/aromatic N) is 1. The number of hydrogen-bond donors (Lipinski definition) is 1. The minimum Gasteiger partial charge on any atom is -0.494 e. The van der Waals surface area contributed by atoms with Crippen LogP contribution in [0.2, 0.25) is 0 Å². The van der Waals surface area contributed by atoms with Crippen LogP contribution in [0.25, 0.3) is 0 Å². The minimum absolute atomic E-state index is 0.0282. The summed E-state index contributed by atoms with van der Waals surface area (Å²) in [6.45, 7) is 6.62. The molecule has 1 N–H and O–H groups in total. The molecule has 1 fully saturated rings. The highest BCUT2D eigenvalue weighted by Gasteiger charge is 2.24. The van der Waals surface area contributed by atoms with Crippen molar-refractivity contribution in [3.63, 3.8) is 0 Å². The minimum atomic E-state index is 0.0282. The predicted octanol–water partition coefficient (Wildman–Crippen LogP) is 2.60. The van der Waals surface area contributed by atoms with Gasteiger partial charge >= 0.3 is 0 Å². The molecule has 1 heterocycles. The summed E-state index contributed by atoms with van der Waals surface area (Å²) in [6, 6.07) is 7.97. The topological polar surface area (TPSA) is 41.6 Å². The van der Waals surface area contributed by atoms with E-state index in [2.05, 4.69) is 17.3 Å². The summed E-state index contributed by atoms with van der Waals surface area (Å²) in [5, 5.41) is 3.13. The van der Waals surface area contributed by atoms with Crippen LogP contribution >= 0.6 is 0 Å². The molecule has 0 aliphatic carbocycles. The van der Waals surface area contributed by atoms with Crippen LogP contribution in [-0.4, -0.2) is 37.6 Å². The molecule has 0 aromatic heterocycles.